The van der Waals surface area contributed by atoms with Gasteiger partial charge in [-0.25, -0.2) is 4.79 Å². The van der Waals surface area contributed by atoms with E-state index < -0.39 is 0 Å². The molecule has 0 amide bonds. The number of aromatic nitrogens is 1. The van der Waals surface area contributed by atoms with Crippen molar-refractivity contribution >= 4 is 16.9 Å². The minimum atomic E-state index is -0.353. The van der Waals surface area contributed by atoms with Crippen molar-refractivity contribution in [1.29, 1.82) is 0 Å². The van der Waals surface area contributed by atoms with E-state index in [1.807, 2.05) is 38.1 Å². The molecule has 23 heavy (non-hydrogen) atoms. The van der Waals surface area contributed by atoms with Crippen LogP contribution in [-0.4, -0.2) is 23.7 Å². The standard InChI is InChI=1S/C19H23NO3/c1-3-22-19(21)17-13(2)20-16-12-8-7-11-15(16)18(17)23-14-9-5-4-6-10-14/h7-8,11-12,14H,3-6,9-10H2,1-2H3. The number of carbonyl (C=O) groups is 1. The third-order valence-corrected chi connectivity index (χ3v) is 4.34. The molecule has 4 nitrogen and oxygen atoms in total. The lowest BCUT2D eigenvalue weighted by atomic mass is 9.97. The summed E-state index contributed by atoms with van der Waals surface area (Å²) >= 11 is 0. The smallest absolute Gasteiger partial charge is 0.343 e. The lowest BCUT2D eigenvalue weighted by Gasteiger charge is -2.25. The van der Waals surface area contributed by atoms with Crippen molar-refractivity contribution in [3.05, 3.63) is 35.5 Å². The number of esters is 1. The normalized spacial score (nSPS) is 15.6. The van der Waals surface area contributed by atoms with E-state index in [4.69, 9.17) is 9.47 Å². The summed E-state index contributed by atoms with van der Waals surface area (Å²) in [6.45, 7) is 3.99. The Kier molecular flexibility index (Phi) is 4.79. The molecule has 1 aromatic heterocycles. The van der Waals surface area contributed by atoms with E-state index in [0.29, 0.717) is 23.6 Å². The van der Waals surface area contributed by atoms with Gasteiger partial charge in [0, 0.05) is 5.39 Å². The van der Waals surface area contributed by atoms with Crippen LogP contribution in [0.5, 0.6) is 5.75 Å². The molecule has 0 N–H and O–H groups in total. The fraction of sp³-hybridized carbons (Fsp3) is 0.474. The van der Waals surface area contributed by atoms with Crippen LogP contribution in [-0.2, 0) is 4.74 Å². The summed E-state index contributed by atoms with van der Waals surface area (Å²) in [6, 6.07) is 7.80. The van der Waals surface area contributed by atoms with Gasteiger partial charge in [0.2, 0.25) is 0 Å². The zero-order chi connectivity index (χ0) is 16.2. The van der Waals surface area contributed by atoms with Crippen LogP contribution in [0.3, 0.4) is 0 Å². The number of aryl methyl sites for hydroxylation is 1. The summed E-state index contributed by atoms with van der Waals surface area (Å²) in [5, 5.41) is 0.881. The summed E-state index contributed by atoms with van der Waals surface area (Å²) in [4.78, 5) is 17.0. The number of carbonyl (C=O) groups excluding carboxylic acids is 1. The number of benzene rings is 1. The van der Waals surface area contributed by atoms with Crippen molar-refractivity contribution in [1.82, 2.24) is 4.98 Å². The largest absolute Gasteiger partial charge is 0.489 e. The Labute approximate surface area is 136 Å². The van der Waals surface area contributed by atoms with E-state index in [9.17, 15) is 4.79 Å². The van der Waals surface area contributed by atoms with Crippen molar-refractivity contribution in [2.24, 2.45) is 0 Å². The summed E-state index contributed by atoms with van der Waals surface area (Å²) in [7, 11) is 0. The van der Waals surface area contributed by atoms with Crippen molar-refractivity contribution in [3.63, 3.8) is 0 Å². The van der Waals surface area contributed by atoms with Crippen LogP contribution < -0.4 is 4.74 Å². The minimum Gasteiger partial charge on any atom is -0.489 e. The Hall–Kier alpha value is -2.10. The molecule has 1 saturated carbocycles. The Bertz CT molecular complexity index is 705. The van der Waals surface area contributed by atoms with Crippen molar-refractivity contribution in [3.8, 4) is 5.75 Å². The molecule has 1 fully saturated rings. The average Bonchev–Trinajstić information content (AvgIpc) is 2.56. The molecule has 2 aromatic rings. The first-order valence-electron chi connectivity index (χ1n) is 8.43. The van der Waals surface area contributed by atoms with Gasteiger partial charge in [-0.15, -0.1) is 0 Å². The first-order valence-corrected chi connectivity index (χ1v) is 8.43. The summed E-state index contributed by atoms with van der Waals surface area (Å²) in [5.74, 6) is 0.285. The average molecular weight is 313 g/mol. The molecule has 0 atom stereocenters. The molecule has 0 bridgehead atoms. The predicted octanol–water partition coefficient (Wildman–Crippen LogP) is 4.43. The van der Waals surface area contributed by atoms with Gasteiger partial charge < -0.3 is 9.47 Å². The maximum absolute atomic E-state index is 12.4. The molecule has 1 aromatic carbocycles. The van der Waals surface area contributed by atoms with E-state index in [-0.39, 0.29) is 12.1 Å². The van der Waals surface area contributed by atoms with Crippen LogP contribution in [0.25, 0.3) is 10.9 Å². The highest BCUT2D eigenvalue weighted by Gasteiger charge is 2.24. The van der Waals surface area contributed by atoms with Crippen LogP contribution in [0.4, 0.5) is 0 Å². The molecule has 1 heterocycles. The molecule has 3 rings (SSSR count). The fourth-order valence-electron chi connectivity index (χ4n) is 3.21. The van der Waals surface area contributed by atoms with Gasteiger partial charge in [0.05, 0.1) is 23.9 Å². The van der Waals surface area contributed by atoms with E-state index in [2.05, 4.69) is 4.98 Å². The van der Waals surface area contributed by atoms with Crippen molar-refractivity contribution in [2.75, 3.05) is 6.61 Å². The molecule has 122 valence electrons. The number of hydrogen-bond acceptors (Lipinski definition) is 4. The van der Waals surface area contributed by atoms with Crippen LogP contribution in [0.1, 0.15) is 55.1 Å². The quantitative estimate of drug-likeness (QED) is 0.783. The van der Waals surface area contributed by atoms with Crippen LogP contribution in [0, 0.1) is 6.92 Å². The van der Waals surface area contributed by atoms with Gasteiger partial charge in [-0.05, 0) is 51.7 Å². The molecular formula is C19H23NO3. The molecule has 0 aliphatic heterocycles. The van der Waals surface area contributed by atoms with Gasteiger partial charge in [0.15, 0.2) is 0 Å². The highest BCUT2D eigenvalue weighted by molar-refractivity contribution is 6.01. The lowest BCUT2D eigenvalue weighted by Crippen LogP contribution is -2.22. The van der Waals surface area contributed by atoms with Gasteiger partial charge >= 0.3 is 5.97 Å². The third-order valence-electron chi connectivity index (χ3n) is 4.34. The first kappa shape index (κ1) is 15.8. The van der Waals surface area contributed by atoms with Gasteiger partial charge in [0.25, 0.3) is 0 Å². The Morgan fingerprint density at radius 3 is 2.70 bits per heavy atom. The second kappa shape index (κ2) is 6.99. The second-order valence-electron chi connectivity index (χ2n) is 6.02. The second-order valence-corrected chi connectivity index (χ2v) is 6.02. The SMILES string of the molecule is CCOC(=O)c1c(C)nc2ccccc2c1OC1CCCCC1. The van der Waals surface area contributed by atoms with Gasteiger partial charge in [-0.3, -0.25) is 4.98 Å². The zero-order valence-electron chi connectivity index (χ0n) is 13.8. The minimum absolute atomic E-state index is 0.169. The maximum atomic E-state index is 12.4. The number of fused-ring (bicyclic) bond motifs is 1. The van der Waals surface area contributed by atoms with Crippen molar-refractivity contribution in [2.45, 2.75) is 52.1 Å². The molecule has 0 unspecified atom stereocenters. The number of nitrogens with zero attached hydrogens (tertiary/aromatic N) is 1. The van der Waals surface area contributed by atoms with Crippen LogP contribution in [0.2, 0.25) is 0 Å². The fourth-order valence-corrected chi connectivity index (χ4v) is 3.21. The number of rotatable bonds is 4. The number of ether oxygens (including phenoxy) is 2. The highest BCUT2D eigenvalue weighted by atomic mass is 16.5. The van der Waals surface area contributed by atoms with E-state index in [0.717, 1.165) is 23.7 Å². The van der Waals surface area contributed by atoms with E-state index >= 15 is 0 Å². The summed E-state index contributed by atoms with van der Waals surface area (Å²) in [5.41, 5.74) is 1.98. The van der Waals surface area contributed by atoms with E-state index in [1.54, 1.807) is 0 Å². The Morgan fingerprint density at radius 1 is 1.22 bits per heavy atom. The number of hydrogen-bond donors (Lipinski definition) is 0. The van der Waals surface area contributed by atoms with Gasteiger partial charge in [-0.2, -0.15) is 0 Å². The molecule has 4 heteroatoms. The molecule has 1 aliphatic rings. The number of para-hydroxylation sites is 1. The van der Waals surface area contributed by atoms with Crippen LogP contribution >= 0.6 is 0 Å². The predicted molar refractivity (Wildman–Crippen MR) is 89.9 cm³/mol. The zero-order valence-corrected chi connectivity index (χ0v) is 13.8. The molecule has 0 spiro atoms. The summed E-state index contributed by atoms with van der Waals surface area (Å²) in [6.07, 6.45) is 5.88. The van der Waals surface area contributed by atoms with Crippen molar-refractivity contribution < 1.29 is 14.3 Å². The maximum Gasteiger partial charge on any atom is 0.343 e. The molecule has 0 radical (unpaired) electrons. The molecule has 0 saturated heterocycles. The lowest BCUT2D eigenvalue weighted by molar-refractivity contribution is 0.0515. The summed E-state index contributed by atoms with van der Waals surface area (Å²) < 4.78 is 11.5. The molecular weight excluding hydrogens is 290 g/mol. The Balaban J connectivity index is 2.09. The molecule has 1 aliphatic carbocycles. The van der Waals surface area contributed by atoms with Gasteiger partial charge in [-0.1, -0.05) is 18.6 Å². The van der Waals surface area contributed by atoms with Crippen LogP contribution in [0.15, 0.2) is 24.3 Å². The highest BCUT2D eigenvalue weighted by Crippen LogP contribution is 2.34. The third kappa shape index (κ3) is 3.31. The van der Waals surface area contributed by atoms with E-state index in [1.165, 1.54) is 19.3 Å². The van der Waals surface area contributed by atoms with Gasteiger partial charge in [0.1, 0.15) is 11.3 Å². The number of pyridine rings is 1. The topological polar surface area (TPSA) is 48.4 Å². The Morgan fingerprint density at radius 2 is 1.96 bits per heavy atom. The monoisotopic (exact) mass is 313 g/mol. The first-order chi connectivity index (χ1) is 11.2.